The molecule has 1 aromatic heterocycles. The minimum atomic E-state index is -0.0496. The van der Waals surface area contributed by atoms with Gasteiger partial charge in [-0.2, -0.15) is 0 Å². The lowest BCUT2D eigenvalue weighted by Gasteiger charge is -2.22. The molecule has 1 aliphatic heterocycles. The summed E-state index contributed by atoms with van der Waals surface area (Å²) in [7, 11) is 1.94. The number of hydrogen-bond donors (Lipinski definition) is 1. The standard InChI is InChI=1S/C17H24N4O2.C2H6/c1-18-12-14-5-7-15(8-6-14)16-13-21(20-19-16)9-11-23-17-4-2-3-10-22-17;1-2/h5-8,13,17-18H,2-4,9-12H2,1H3;1-2H3. The van der Waals surface area contributed by atoms with Crippen molar-refractivity contribution < 1.29 is 9.47 Å². The van der Waals surface area contributed by atoms with E-state index in [1.807, 2.05) is 31.8 Å². The van der Waals surface area contributed by atoms with Crippen molar-refractivity contribution in [2.24, 2.45) is 0 Å². The third kappa shape index (κ3) is 6.23. The lowest BCUT2D eigenvalue weighted by atomic mass is 10.1. The molecule has 25 heavy (non-hydrogen) atoms. The fourth-order valence-corrected chi connectivity index (χ4v) is 2.66. The number of nitrogens with zero attached hydrogens (tertiary/aromatic N) is 3. The first-order valence-electron chi connectivity index (χ1n) is 9.22. The molecule has 1 N–H and O–H groups in total. The highest BCUT2D eigenvalue weighted by Gasteiger charge is 2.13. The minimum Gasteiger partial charge on any atom is -0.353 e. The molecule has 1 aromatic carbocycles. The molecular formula is C19H30N4O2. The van der Waals surface area contributed by atoms with Crippen molar-refractivity contribution in [2.75, 3.05) is 20.3 Å². The third-order valence-corrected chi connectivity index (χ3v) is 3.93. The van der Waals surface area contributed by atoms with Crippen molar-refractivity contribution >= 4 is 0 Å². The van der Waals surface area contributed by atoms with Gasteiger partial charge in [-0.05, 0) is 31.9 Å². The van der Waals surface area contributed by atoms with Crippen molar-refractivity contribution in [3.8, 4) is 11.3 Å². The maximum absolute atomic E-state index is 5.73. The predicted molar refractivity (Wildman–Crippen MR) is 99.1 cm³/mol. The molecule has 0 bridgehead atoms. The lowest BCUT2D eigenvalue weighted by molar-refractivity contribution is -0.163. The van der Waals surface area contributed by atoms with Gasteiger partial charge < -0.3 is 14.8 Å². The zero-order valence-electron chi connectivity index (χ0n) is 15.6. The molecule has 6 nitrogen and oxygen atoms in total. The maximum atomic E-state index is 5.73. The minimum absolute atomic E-state index is 0.0496. The van der Waals surface area contributed by atoms with Crippen LogP contribution in [0.4, 0.5) is 0 Å². The lowest BCUT2D eigenvalue weighted by Crippen LogP contribution is -2.24. The number of nitrogens with one attached hydrogen (secondary N) is 1. The summed E-state index contributed by atoms with van der Waals surface area (Å²) in [4.78, 5) is 0. The molecule has 2 heterocycles. The molecule has 1 unspecified atom stereocenters. The Morgan fingerprint density at radius 1 is 1.24 bits per heavy atom. The number of aromatic nitrogens is 3. The summed E-state index contributed by atoms with van der Waals surface area (Å²) in [5.41, 5.74) is 3.21. The molecule has 0 saturated carbocycles. The smallest absolute Gasteiger partial charge is 0.157 e. The summed E-state index contributed by atoms with van der Waals surface area (Å²) in [6.45, 7) is 6.95. The average molecular weight is 346 g/mol. The number of rotatable bonds is 7. The molecule has 0 radical (unpaired) electrons. The summed E-state index contributed by atoms with van der Waals surface area (Å²) in [6.07, 6.45) is 5.22. The van der Waals surface area contributed by atoms with E-state index in [1.165, 1.54) is 12.0 Å². The van der Waals surface area contributed by atoms with E-state index < -0.39 is 0 Å². The zero-order chi connectivity index (χ0) is 17.9. The maximum Gasteiger partial charge on any atom is 0.157 e. The quantitative estimate of drug-likeness (QED) is 0.834. The normalized spacial score (nSPS) is 17.0. The van der Waals surface area contributed by atoms with Gasteiger partial charge in [-0.15, -0.1) is 5.10 Å². The van der Waals surface area contributed by atoms with Crippen molar-refractivity contribution in [1.82, 2.24) is 20.3 Å². The average Bonchev–Trinajstić information content (AvgIpc) is 3.14. The van der Waals surface area contributed by atoms with Gasteiger partial charge in [0.1, 0.15) is 5.69 Å². The molecule has 0 aliphatic carbocycles. The van der Waals surface area contributed by atoms with E-state index in [0.717, 1.165) is 37.3 Å². The van der Waals surface area contributed by atoms with E-state index >= 15 is 0 Å². The number of ether oxygens (including phenoxy) is 2. The van der Waals surface area contributed by atoms with Crippen LogP contribution >= 0.6 is 0 Å². The Morgan fingerprint density at radius 2 is 2.04 bits per heavy atom. The number of hydrogen-bond acceptors (Lipinski definition) is 5. The molecule has 0 amide bonds. The van der Waals surface area contributed by atoms with Gasteiger partial charge in [-0.1, -0.05) is 43.3 Å². The number of benzene rings is 1. The molecule has 6 heteroatoms. The highest BCUT2D eigenvalue weighted by atomic mass is 16.7. The van der Waals surface area contributed by atoms with E-state index in [1.54, 1.807) is 0 Å². The van der Waals surface area contributed by atoms with Gasteiger partial charge in [0.2, 0.25) is 0 Å². The monoisotopic (exact) mass is 346 g/mol. The molecule has 1 atom stereocenters. The molecule has 0 spiro atoms. The van der Waals surface area contributed by atoms with Crippen LogP contribution in [0.1, 0.15) is 38.7 Å². The Hall–Kier alpha value is -1.76. The van der Waals surface area contributed by atoms with Gasteiger partial charge >= 0.3 is 0 Å². The fourth-order valence-electron chi connectivity index (χ4n) is 2.66. The van der Waals surface area contributed by atoms with Crippen LogP contribution in [0.5, 0.6) is 0 Å². The zero-order valence-corrected chi connectivity index (χ0v) is 15.6. The van der Waals surface area contributed by atoms with Crippen LogP contribution in [0.3, 0.4) is 0 Å². The Morgan fingerprint density at radius 3 is 2.72 bits per heavy atom. The summed E-state index contributed by atoms with van der Waals surface area (Å²) < 4.78 is 13.1. The van der Waals surface area contributed by atoms with Crippen molar-refractivity contribution in [3.05, 3.63) is 36.0 Å². The molecule has 2 aromatic rings. The second-order valence-electron chi connectivity index (χ2n) is 5.76. The highest BCUT2D eigenvalue weighted by molar-refractivity contribution is 5.57. The molecule has 1 saturated heterocycles. The van der Waals surface area contributed by atoms with Crippen LogP contribution in [0.2, 0.25) is 0 Å². The van der Waals surface area contributed by atoms with Gasteiger partial charge in [0.25, 0.3) is 0 Å². The first-order chi connectivity index (χ1) is 12.3. The van der Waals surface area contributed by atoms with Crippen LogP contribution < -0.4 is 5.32 Å². The third-order valence-electron chi connectivity index (χ3n) is 3.93. The largest absolute Gasteiger partial charge is 0.353 e. The topological polar surface area (TPSA) is 61.2 Å². The van der Waals surface area contributed by atoms with E-state index in [-0.39, 0.29) is 6.29 Å². The van der Waals surface area contributed by atoms with E-state index in [9.17, 15) is 0 Å². The van der Waals surface area contributed by atoms with Gasteiger partial charge in [0.05, 0.1) is 19.3 Å². The van der Waals surface area contributed by atoms with E-state index in [4.69, 9.17) is 9.47 Å². The first-order valence-corrected chi connectivity index (χ1v) is 9.22. The van der Waals surface area contributed by atoms with Gasteiger partial charge in [-0.3, -0.25) is 0 Å². The first kappa shape index (κ1) is 19.6. The predicted octanol–water partition coefficient (Wildman–Crippen LogP) is 3.23. The van der Waals surface area contributed by atoms with Crippen LogP contribution in [-0.4, -0.2) is 41.5 Å². The second kappa shape index (κ2) is 11.0. The molecule has 138 valence electrons. The molecule has 1 aliphatic rings. The van der Waals surface area contributed by atoms with Gasteiger partial charge in [0.15, 0.2) is 6.29 Å². The Labute approximate surface area is 150 Å². The summed E-state index contributed by atoms with van der Waals surface area (Å²) in [6, 6.07) is 8.36. The van der Waals surface area contributed by atoms with Crippen molar-refractivity contribution in [2.45, 2.75) is 52.5 Å². The Kier molecular flexibility index (Phi) is 8.59. The molecular weight excluding hydrogens is 316 g/mol. The molecule has 3 rings (SSSR count). The van der Waals surface area contributed by atoms with Gasteiger partial charge in [0, 0.05) is 18.7 Å². The Bertz CT molecular complexity index is 592. The van der Waals surface area contributed by atoms with Crippen LogP contribution in [-0.2, 0) is 22.6 Å². The highest BCUT2D eigenvalue weighted by Crippen LogP contribution is 2.17. The summed E-state index contributed by atoms with van der Waals surface area (Å²) >= 11 is 0. The van der Waals surface area contributed by atoms with Crippen LogP contribution in [0.15, 0.2) is 30.5 Å². The Balaban J connectivity index is 0.00000109. The van der Waals surface area contributed by atoms with E-state index in [0.29, 0.717) is 13.2 Å². The second-order valence-corrected chi connectivity index (χ2v) is 5.76. The van der Waals surface area contributed by atoms with Crippen LogP contribution in [0.25, 0.3) is 11.3 Å². The van der Waals surface area contributed by atoms with Crippen molar-refractivity contribution in [1.29, 1.82) is 0 Å². The molecule has 1 fully saturated rings. The fraction of sp³-hybridized carbons (Fsp3) is 0.579. The van der Waals surface area contributed by atoms with Crippen LogP contribution in [0, 0.1) is 0 Å². The SMILES string of the molecule is CC.CNCc1ccc(-c2cn(CCOC3CCCCO3)nn2)cc1. The van der Waals surface area contributed by atoms with Crippen molar-refractivity contribution in [3.63, 3.8) is 0 Å². The van der Waals surface area contributed by atoms with E-state index in [2.05, 4.69) is 39.9 Å². The summed E-state index contributed by atoms with van der Waals surface area (Å²) in [5.74, 6) is 0. The van der Waals surface area contributed by atoms with Gasteiger partial charge in [-0.25, -0.2) is 4.68 Å². The summed E-state index contributed by atoms with van der Waals surface area (Å²) in [5, 5.41) is 11.5.